The number of carbonyl (C=O) groups excluding carboxylic acids is 1. The van der Waals surface area contributed by atoms with Crippen LogP contribution in [0.15, 0.2) is 79.6 Å². The van der Waals surface area contributed by atoms with Gasteiger partial charge in [0.05, 0.1) is 5.75 Å². The highest BCUT2D eigenvalue weighted by Gasteiger charge is 2.27. The average molecular weight is 567 g/mol. The molecular formula is C31H38N2O6S. The van der Waals surface area contributed by atoms with E-state index in [-0.39, 0.29) is 18.2 Å². The third-order valence-corrected chi connectivity index (χ3v) is 7.89. The molecular weight excluding hydrogens is 528 g/mol. The molecule has 0 aromatic heterocycles. The first-order valence-corrected chi connectivity index (χ1v) is 15.3. The Bertz CT molecular complexity index is 1380. The molecule has 2 atom stereocenters. The summed E-state index contributed by atoms with van der Waals surface area (Å²) in [6.07, 6.45) is 8.11. The van der Waals surface area contributed by atoms with Crippen molar-refractivity contribution in [1.29, 1.82) is 0 Å². The van der Waals surface area contributed by atoms with E-state index < -0.39 is 27.8 Å². The molecule has 0 bridgehead atoms. The highest BCUT2D eigenvalue weighted by molar-refractivity contribution is 7.90. The van der Waals surface area contributed by atoms with Gasteiger partial charge in [-0.2, -0.15) is 0 Å². The first kappa shape index (κ1) is 30.8. The minimum Gasteiger partial charge on any atom is -0.493 e. The molecule has 8 nitrogen and oxygen atoms in total. The molecule has 9 heteroatoms. The van der Waals surface area contributed by atoms with Gasteiger partial charge in [-0.25, -0.2) is 13.2 Å². The Morgan fingerprint density at radius 1 is 1.23 bits per heavy atom. The highest BCUT2D eigenvalue weighted by Crippen LogP contribution is 2.30. The number of nitrogens with one attached hydrogen (secondary N) is 1. The summed E-state index contributed by atoms with van der Waals surface area (Å²) in [6.45, 7) is 11.6. The number of carbonyl (C=O) groups is 2. The van der Waals surface area contributed by atoms with Crippen LogP contribution in [0.3, 0.4) is 0 Å². The van der Waals surface area contributed by atoms with E-state index in [4.69, 9.17) is 4.74 Å². The molecule has 1 unspecified atom stereocenters. The fraction of sp³-hybridized carbons (Fsp3) is 0.355. The molecule has 2 aromatic carbocycles. The number of benzene rings is 2. The van der Waals surface area contributed by atoms with Crippen molar-refractivity contribution in [2.45, 2.75) is 44.8 Å². The van der Waals surface area contributed by atoms with E-state index in [9.17, 15) is 23.1 Å². The maximum atomic E-state index is 13.4. The number of carboxylic acid groups (broad SMARTS) is 1. The van der Waals surface area contributed by atoms with E-state index >= 15 is 0 Å². The topological polar surface area (TPSA) is 113 Å². The summed E-state index contributed by atoms with van der Waals surface area (Å²) in [7, 11) is -3.39. The summed E-state index contributed by atoms with van der Waals surface area (Å²) in [5.41, 5.74) is 3.87. The standard InChI is InChI=1S/C31H38N2O6S/c1-5-6-11-23(3)39-21-25-12-9-17-33(25)20-24-14-15-27(28(19-24)26-13-8-7-10-22(26)2)30(34)32-29(31(35)36)16-18-40(4,37)38/h5-8,10-11,13-15,19,25,29H,1,3,9,12,16-18,20-21H2,2,4H3,(H,32,34)(H,35,36)/b11-6-/t25-,29?/m0/s1. The summed E-state index contributed by atoms with van der Waals surface area (Å²) < 4.78 is 29.0. The van der Waals surface area contributed by atoms with E-state index in [0.717, 1.165) is 42.3 Å². The normalized spacial score (nSPS) is 16.5. The predicted octanol–water partition coefficient (Wildman–Crippen LogP) is 4.52. The number of aryl methyl sites for hydroxylation is 1. The van der Waals surface area contributed by atoms with Gasteiger partial charge in [0.1, 0.15) is 28.2 Å². The maximum absolute atomic E-state index is 13.4. The average Bonchev–Trinajstić information content (AvgIpc) is 3.34. The molecule has 0 aliphatic carbocycles. The fourth-order valence-electron chi connectivity index (χ4n) is 4.76. The van der Waals surface area contributed by atoms with Gasteiger partial charge >= 0.3 is 5.97 Å². The number of amides is 1. The van der Waals surface area contributed by atoms with Crippen LogP contribution >= 0.6 is 0 Å². The quantitative estimate of drug-likeness (QED) is 0.255. The van der Waals surface area contributed by atoms with Gasteiger partial charge in [0.2, 0.25) is 0 Å². The number of sulfone groups is 1. The Morgan fingerprint density at radius 3 is 2.65 bits per heavy atom. The van der Waals surface area contributed by atoms with Crippen LogP contribution < -0.4 is 5.32 Å². The van der Waals surface area contributed by atoms with Gasteiger partial charge in [-0.1, -0.05) is 55.6 Å². The first-order valence-electron chi connectivity index (χ1n) is 13.2. The molecule has 1 amide bonds. The summed E-state index contributed by atoms with van der Waals surface area (Å²) in [4.78, 5) is 27.5. The smallest absolute Gasteiger partial charge is 0.326 e. The van der Waals surface area contributed by atoms with Gasteiger partial charge in [0.15, 0.2) is 0 Å². The molecule has 0 saturated carbocycles. The molecule has 2 N–H and O–H groups in total. The van der Waals surface area contributed by atoms with E-state index in [0.29, 0.717) is 30.0 Å². The zero-order valence-corrected chi connectivity index (χ0v) is 24.0. The minimum absolute atomic E-state index is 0.216. The van der Waals surface area contributed by atoms with Crippen LogP contribution in [-0.4, -0.2) is 67.5 Å². The van der Waals surface area contributed by atoms with E-state index in [1.807, 2.05) is 43.3 Å². The van der Waals surface area contributed by atoms with Crippen LogP contribution in [0.4, 0.5) is 0 Å². The van der Waals surface area contributed by atoms with Crippen molar-refractivity contribution in [1.82, 2.24) is 10.2 Å². The lowest BCUT2D eigenvalue weighted by Gasteiger charge is -2.25. The van der Waals surface area contributed by atoms with Crippen LogP contribution in [0.25, 0.3) is 11.1 Å². The molecule has 40 heavy (non-hydrogen) atoms. The number of aliphatic carboxylic acids is 1. The predicted molar refractivity (Wildman–Crippen MR) is 158 cm³/mol. The second-order valence-corrected chi connectivity index (χ2v) is 12.4. The monoisotopic (exact) mass is 566 g/mol. The van der Waals surface area contributed by atoms with Crippen LogP contribution in [0.2, 0.25) is 0 Å². The molecule has 1 fully saturated rings. The zero-order chi connectivity index (χ0) is 29.3. The van der Waals surface area contributed by atoms with Crippen LogP contribution in [0.5, 0.6) is 0 Å². The Labute approximate surface area is 237 Å². The molecule has 1 aliphatic heterocycles. The largest absolute Gasteiger partial charge is 0.493 e. The molecule has 214 valence electrons. The molecule has 1 aliphatic rings. The third kappa shape index (κ3) is 8.93. The lowest BCUT2D eigenvalue weighted by Crippen LogP contribution is -2.42. The molecule has 1 saturated heterocycles. The number of allylic oxidation sites excluding steroid dienone is 3. The molecule has 0 radical (unpaired) electrons. The molecule has 2 aromatic rings. The van der Waals surface area contributed by atoms with Crippen molar-refractivity contribution in [2.75, 3.05) is 25.2 Å². The SMILES string of the molecule is C=C/C=C\C(=C)OC[C@@H]1CCCN1Cc1ccc(C(=O)NC(CCS(C)(=O)=O)C(=O)O)c(-c2ccccc2C)c1. The van der Waals surface area contributed by atoms with Crippen molar-refractivity contribution in [3.63, 3.8) is 0 Å². The molecule has 3 rings (SSSR count). The third-order valence-electron chi connectivity index (χ3n) is 6.91. The Morgan fingerprint density at radius 2 is 1.98 bits per heavy atom. The van der Waals surface area contributed by atoms with Crippen molar-refractivity contribution in [3.05, 3.63) is 96.3 Å². The summed E-state index contributed by atoms with van der Waals surface area (Å²) in [5.74, 6) is -1.60. The van der Waals surface area contributed by atoms with Gasteiger partial charge in [0, 0.05) is 24.4 Å². The van der Waals surface area contributed by atoms with Gasteiger partial charge in [-0.05, 0) is 73.2 Å². The second kappa shape index (κ2) is 14.1. The Kier molecular flexibility index (Phi) is 10.9. The number of carboxylic acids is 1. The fourth-order valence-corrected chi connectivity index (χ4v) is 5.43. The molecule has 1 heterocycles. The van der Waals surface area contributed by atoms with Crippen molar-refractivity contribution in [2.24, 2.45) is 0 Å². The lowest BCUT2D eigenvalue weighted by molar-refractivity contribution is -0.139. The lowest BCUT2D eigenvalue weighted by atomic mass is 9.93. The Hall–Kier alpha value is -3.69. The number of hydrogen-bond acceptors (Lipinski definition) is 6. The van der Waals surface area contributed by atoms with Crippen LogP contribution in [0, 0.1) is 6.92 Å². The van der Waals surface area contributed by atoms with Gasteiger partial charge in [-0.3, -0.25) is 9.69 Å². The number of ether oxygens (including phenoxy) is 1. The minimum atomic E-state index is -3.39. The zero-order valence-electron chi connectivity index (χ0n) is 23.1. The number of nitrogens with zero attached hydrogens (tertiary/aromatic N) is 1. The summed E-state index contributed by atoms with van der Waals surface area (Å²) in [5, 5.41) is 12.1. The summed E-state index contributed by atoms with van der Waals surface area (Å²) in [6, 6.07) is 12.2. The number of likely N-dealkylation sites (tertiary alicyclic amines) is 1. The number of hydrogen-bond donors (Lipinski definition) is 2. The van der Waals surface area contributed by atoms with Gasteiger partial charge < -0.3 is 15.2 Å². The second-order valence-electron chi connectivity index (χ2n) is 10.1. The first-order chi connectivity index (χ1) is 19.0. The number of rotatable bonds is 14. The van der Waals surface area contributed by atoms with Crippen molar-refractivity contribution >= 4 is 21.7 Å². The van der Waals surface area contributed by atoms with Crippen LogP contribution in [-0.2, 0) is 25.9 Å². The highest BCUT2D eigenvalue weighted by atomic mass is 32.2. The van der Waals surface area contributed by atoms with Crippen molar-refractivity contribution in [3.8, 4) is 11.1 Å². The van der Waals surface area contributed by atoms with Gasteiger partial charge in [-0.15, -0.1) is 0 Å². The van der Waals surface area contributed by atoms with E-state index in [1.165, 1.54) is 0 Å². The van der Waals surface area contributed by atoms with Crippen molar-refractivity contribution < 1.29 is 27.9 Å². The van der Waals surface area contributed by atoms with E-state index in [2.05, 4.69) is 23.4 Å². The molecule has 0 spiro atoms. The van der Waals surface area contributed by atoms with E-state index in [1.54, 1.807) is 24.3 Å². The maximum Gasteiger partial charge on any atom is 0.326 e. The summed E-state index contributed by atoms with van der Waals surface area (Å²) >= 11 is 0. The van der Waals surface area contributed by atoms with Gasteiger partial charge in [0.25, 0.3) is 5.91 Å². The van der Waals surface area contributed by atoms with Crippen LogP contribution in [0.1, 0.15) is 40.7 Å². The Balaban J connectivity index is 1.85.